The smallest absolute Gasteiger partial charge is 0.168 e. The van der Waals surface area contributed by atoms with Crippen molar-refractivity contribution in [1.29, 1.82) is 0 Å². The third-order valence-electron chi connectivity index (χ3n) is 3.90. The fourth-order valence-electron chi connectivity index (χ4n) is 2.66. The summed E-state index contributed by atoms with van der Waals surface area (Å²) in [5.41, 5.74) is 2.34. The van der Waals surface area contributed by atoms with Crippen LogP contribution in [-0.4, -0.2) is 22.9 Å². The number of aryl methyl sites for hydroxylation is 1. The molecule has 4 heteroatoms. The van der Waals surface area contributed by atoms with Crippen LogP contribution in [0.5, 0.6) is 11.5 Å². The Kier molecular flexibility index (Phi) is 3.74. The minimum absolute atomic E-state index is 0.492. The van der Waals surface area contributed by atoms with Gasteiger partial charge in [0.15, 0.2) is 5.75 Å². The average molecular weight is 271 g/mol. The summed E-state index contributed by atoms with van der Waals surface area (Å²) in [4.78, 5) is 0. The van der Waals surface area contributed by atoms with Crippen LogP contribution in [-0.2, 0) is 0 Å². The quantitative estimate of drug-likeness (QED) is 0.931. The first-order chi connectivity index (χ1) is 9.74. The maximum Gasteiger partial charge on any atom is 0.168 e. The van der Waals surface area contributed by atoms with E-state index in [4.69, 9.17) is 4.74 Å². The summed E-state index contributed by atoms with van der Waals surface area (Å²) in [7, 11) is 0. The summed E-state index contributed by atoms with van der Waals surface area (Å²) in [5.74, 6) is 1.72. The Bertz CT molecular complexity index is 568. The second kappa shape index (κ2) is 5.67. The zero-order chi connectivity index (χ0) is 13.9. The van der Waals surface area contributed by atoms with Gasteiger partial charge in [0, 0.05) is 0 Å². The summed E-state index contributed by atoms with van der Waals surface area (Å²) in [5, 5.41) is 7.90. The van der Waals surface area contributed by atoms with Gasteiger partial charge in [-0.3, -0.25) is 4.68 Å². The van der Waals surface area contributed by atoms with Gasteiger partial charge in [0.1, 0.15) is 5.75 Å². The molecule has 0 aliphatic carbocycles. The van der Waals surface area contributed by atoms with Gasteiger partial charge in [0.2, 0.25) is 0 Å². The minimum Gasteiger partial charge on any atom is -0.454 e. The largest absolute Gasteiger partial charge is 0.454 e. The summed E-state index contributed by atoms with van der Waals surface area (Å²) < 4.78 is 8.05. The molecule has 20 heavy (non-hydrogen) atoms. The number of hydrogen-bond donors (Lipinski definition) is 1. The Balaban J connectivity index is 1.77. The van der Waals surface area contributed by atoms with Crippen molar-refractivity contribution in [3.8, 4) is 11.5 Å². The van der Waals surface area contributed by atoms with Crippen molar-refractivity contribution in [3.63, 3.8) is 0 Å². The first-order valence-electron chi connectivity index (χ1n) is 7.23. The molecule has 1 aromatic carbocycles. The summed E-state index contributed by atoms with van der Waals surface area (Å²) in [6.45, 7) is 6.29. The lowest BCUT2D eigenvalue weighted by molar-refractivity contribution is 0.336. The molecule has 1 aliphatic heterocycles. The highest BCUT2D eigenvalue weighted by atomic mass is 16.5. The van der Waals surface area contributed by atoms with Crippen LogP contribution < -0.4 is 10.1 Å². The lowest BCUT2D eigenvalue weighted by atomic mass is 10.1. The molecule has 1 aromatic heterocycles. The molecular formula is C16H21N3O. The second-order valence-electron chi connectivity index (χ2n) is 5.44. The molecule has 0 radical (unpaired) electrons. The Morgan fingerprint density at radius 3 is 2.55 bits per heavy atom. The summed E-state index contributed by atoms with van der Waals surface area (Å²) in [6, 6.07) is 8.60. The highest BCUT2D eigenvalue weighted by Crippen LogP contribution is 2.28. The molecule has 1 saturated heterocycles. The van der Waals surface area contributed by atoms with E-state index in [1.807, 2.05) is 18.3 Å². The number of ether oxygens (including phenoxy) is 1. The van der Waals surface area contributed by atoms with Gasteiger partial charge in [0.05, 0.1) is 17.9 Å². The van der Waals surface area contributed by atoms with Crippen molar-refractivity contribution in [2.45, 2.75) is 32.7 Å². The van der Waals surface area contributed by atoms with Crippen LogP contribution in [0.1, 0.15) is 30.1 Å². The van der Waals surface area contributed by atoms with Crippen LogP contribution in [0.4, 0.5) is 0 Å². The topological polar surface area (TPSA) is 39.1 Å². The van der Waals surface area contributed by atoms with Gasteiger partial charge in [-0.25, -0.2) is 0 Å². The van der Waals surface area contributed by atoms with Gasteiger partial charge in [-0.1, -0.05) is 17.7 Å². The monoisotopic (exact) mass is 271 g/mol. The van der Waals surface area contributed by atoms with E-state index in [-0.39, 0.29) is 0 Å². The van der Waals surface area contributed by atoms with Gasteiger partial charge >= 0.3 is 0 Å². The molecule has 1 N–H and O–H groups in total. The predicted octanol–water partition coefficient (Wildman–Crippen LogP) is 3.22. The second-order valence-corrected chi connectivity index (χ2v) is 5.44. The molecule has 2 heterocycles. The van der Waals surface area contributed by atoms with E-state index in [1.165, 1.54) is 5.56 Å². The van der Waals surface area contributed by atoms with Gasteiger partial charge in [-0.05, 0) is 51.9 Å². The average Bonchev–Trinajstić information content (AvgIpc) is 2.84. The molecule has 106 valence electrons. The minimum atomic E-state index is 0.492. The summed E-state index contributed by atoms with van der Waals surface area (Å²) in [6.07, 6.45) is 4.09. The third kappa shape index (κ3) is 2.70. The van der Waals surface area contributed by atoms with Gasteiger partial charge in [-0.15, -0.1) is 0 Å². The van der Waals surface area contributed by atoms with Crippen molar-refractivity contribution in [3.05, 3.63) is 41.7 Å². The molecule has 2 aromatic rings. The molecule has 1 fully saturated rings. The predicted molar refractivity (Wildman–Crippen MR) is 79.4 cm³/mol. The Morgan fingerprint density at radius 1 is 1.15 bits per heavy atom. The molecule has 0 saturated carbocycles. The summed E-state index contributed by atoms with van der Waals surface area (Å²) >= 11 is 0. The number of nitrogens with one attached hydrogen (secondary N) is 1. The Morgan fingerprint density at radius 2 is 1.85 bits per heavy atom. The Hall–Kier alpha value is -1.81. The first-order valence-corrected chi connectivity index (χ1v) is 7.23. The van der Waals surface area contributed by atoms with E-state index >= 15 is 0 Å². The van der Waals surface area contributed by atoms with Crippen molar-refractivity contribution < 1.29 is 4.74 Å². The molecule has 0 atom stereocenters. The van der Waals surface area contributed by atoms with Crippen LogP contribution >= 0.6 is 0 Å². The number of piperidine rings is 1. The van der Waals surface area contributed by atoms with Gasteiger partial charge < -0.3 is 10.1 Å². The van der Waals surface area contributed by atoms with E-state index < -0.39 is 0 Å². The van der Waals surface area contributed by atoms with Crippen LogP contribution in [0.2, 0.25) is 0 Å². The first kappa shape index (κ1) is 13.2. The molecule has 3 rings (SSSR count). The van der Waals surface area contributed by atoms with E-state index in [2.05, 4.69) is 41.1 Å². The molecule has 1 aliphatic rings. The van der Waals surface area contributed by atoms with Gasteiger partial charge in [0.25, 0.3) is 0 Å². The van der Waals surface area contributed by atoms with Crippen LogP contribution in [0.3, 0.4) is 0 Å². The van der Waals surface area contributed by atoms with E-state index in [0.717, 1.165) is 43.1 Å². The van der Waals surface area contributed by atoms with Crippen molar-refractivity contribution in [2.24, 2.45) is 0 Å². The zero-order valence-electron chi connectivity index (χ0n) is 12.1. The van der Waals surface area contributed by atoms with Crippen LogP contribution in [0.25, 0.3) is 0 Å². The maximum atomic E-state index is 5.94. The third-order valence-corrected chi connectivity index (χ3v) is 3.90. The lowest BCUT2D eigenvalue weighted by Gasteiger charge is -2.24. The molecule has 0 bridgehead atoms. The van der Waals surface area contributed by atoms with Crippen molar-refractivity contribution in [1.82, 2.24) is 15.1 Å². The fourth-order valence-corrected chi connectivity index (χ4v) is 2.66. The highest BCUT2D eigenvalue weighted by molar-refractivity contribution is 5.34. The van der Waals surface area contributed by atoms with E-state index in [1.54, 1.807) is 0 Å². The fraction of sp³-hybridized carbons (Fsp3) is 0.438. The van der Waals surface area contributed by atoms with Gasteiger partial charge in [-0.2, -0.15) is 5.10 Å². The number of hydrogen-bond acceptors (Lipinski definition) is 3. The molecule has 0 amide bonds. The standard InChI is InChI=1S/C16H21N3O/c1-12-3-5-15(6-4-12)20-16-11-18-19(13(16)2)14-7-9-17-10-8-14/h3-6,11,14,17H,7-10H2,1-2H3. The molecule has 0 spiro atoms. The molecule has 4 nitrogen and oxygen atoms in total. The number of rotatable bonds is 3. The van der Waals surface area contributed by atoms with E-state index in [0.29, 0.717) is 6.04 Å². The molecule has 0 unspecified atom stereocenters. The van der Waals surface area contributed by atoms with E-state index in [9.17, 15) is 0 Å². The number of nitrogens with zero attached hydrogens (tertiary/aromatic N) is 2. The van der Waals surface area contributed by atoms with Crippen molar-refractivity contribution >= 4 is 0 Å². The number of benzene rings is 1. The maximum absolute atomic E-state index is 5.94. The molecular weight excluding hydrogens is 250 g/mol. The Labute approximate surface area is 119 Å². The highest BCUT2D eigenvalue weighted by Gasteiger charge is 2.19. The normalized spacial score (nSPS) is 16.3. The number of aromatic nitrogens is 2. The van der Waals surface area contributed by atoms with Crippen molar-refractivity contribution in [2.75, 3.05) is 13.1 Å². The SMILES string of the molecule is Cc1ccc(Oc2cnn(C3CCNCC3)c2C)cc1. The van der Waals surface area contributed by atoms with Crippen LogP contribution in [0.15, 0.2) is 30.5 Å². The van der Waals surface area contributed by atoms with Crippen LogP contribution in [0, 0.1) is 13.8 Å². The zero-order valence-corrected chi connectivity index (χ0v) is 12.1. The lowest BCUT2D eigenvalue weighted by Crippen LogP contribution is -2.30.